The molecule has 1 fully saturated rings. The van der Waals surface area contributed by atoms with E-state index in [9.17, 15) is 9.18 Å². The molecule has 1 aliphatic rings. The maximum atomic E-state index is 13.5. The summed E-state index contributed by atoms with van der Waals surface area (Å²) in [4.78, 5) is 19.3. The van der Waals surface area contributed by atoms with Gasteiger partial charge in [-0.1, -0.05) is 12.1 Å². The fourth-order valence-electron chi connectivity index (χ4n) is 2.88. The number of pyridine rings is 1. The number of benzene rings is 1. The Bertz CT molecular complexity index is 890. The second kappa shape index (κ2) is 6.47. The zero-order valence-corrected chi connectivity index (χ0v) is 13.5. The normalized spacial score (nSPS) is 13.6. The lowest BCUT2D eigenvalue weighted by Crippen LogP contribution is -2.33. The van der Waals surface area contributed by atoms with Crippen molar-refractivity contribution in [2.75, 3.05) is 0 Å². The number of halogens is 1. The Morgan fingerprint density at radius 3 is 2.80 bits per heavy atom. The molecule has 0 bridgehead atoms. The fourth-order valence-corrected chi connectivity index (χ4v) is 2.88. The highest BCUT2D eigenvalue weighted by atomic mass is 19.1. The lowest BCUT2D eigenvalue weighted by atomic mass is 10.1. The smallest absolute Gasteiger partial charge is 0.258 e. The predicted octanol–water partition coefficient (Wildman–Crippen LogP) is 3.21. The highest BCUT2D eigenvalue weighted by molar-refractivity contribution is 5.97. The molecule has 1 amide bonds. The first-order chi connectivity index (χ1) is 12.2. The molecule has 0 aliphatic heterocycles. The average Bonchev–Trinajstić information content (AvgIpc) is 3.32. The Balaban J connectivity index is 1.66. The van der Waals surface area contributed by atoms with Gasteiger partial charge in [0.1, 0.15) is 5.82 Å². The molecular weight excluding hydrogens is 319 g/mol. The maximum Gasteiger partial charge on any atom is 0.258 e. The zero-order valence-electron chi connectivity index (χ0n) is 13.5. The first kappa shape index (κ1) is 15.5. The zero-order chi connectivity index (χ0) is 17.2. The van der Waals surface area contributed by atoms with Crippen LogP contribution in [-0.4, -0.2) is 31.6 Å². The van der Waals surface area contributed by atoms with Gasteiger partial charge in [-0.15, -0.1) is 0 Å². The van der Waals surface area contributed by atoms with Crippen LogP contribution in [0, 0.1) is 5.82 Å². The van der Waals surface area contributed by atoms with Crippen LogP contribution < -0.4 is 0 Å². The summed E-state index contributed by atoms with van der Waals surface area (Å²) in [5, 5.41) is 4.18. The Kier molecular flexibility index (Phi) is 4.01. The number of carbonyl (C=O) groups is 1. The molecule has 1 aromatic carbocycles. The van der Waals surface area contributed by atoms with E-state index < -0.39 is 0 Å². The minimum Gasteiger partial charge on any atom is -0.331 e. The highest BCUT2D eigenvalue weighted by Gasteiger charge is 2.34. The van der Waals surface area contributed by atoms with Crippen LogP contribution in [-0.2, 0) is 6.54 Å². The summed E-state index contributed by atoms with van der Waals surface area (Å²) >= 11 is 0. The van der Waals surface area contributed by atoms with Crippen molar-refractivity contribution < 1.29 is 9.18 Å². The minimum absolute atomic E-state index is 0.106. The van der Waals surface area contributed by atoms with Crippen molar-refractivity contribution in [2.45, 2.75) is 25.4 Å². The van der Waals surface area contributed by atoms with Gasteiger partial charge >= 0.3 is 0 Å². The van der Waals surface area contributed by atoms with Gasteiger partial charge in [-0.25, -0.2) is 14.1 Å². The molecule has 4 rings (SSSR count). The fraction of sp³-hybridized carbons (Fsp3) is 0.211. The third-order valence-electron chi connectivity index (χ3n) is 4.23. The van der Waals surface area contributed by atoms with Crippen molar-refractivity contribution in [3.05, 3.63) is 78.0 Å². The van der Waals surface area contributed by atoms with Crippen LogP contribution in [0.5, 0.6) is 0 Å². The molecule has 2 aromatic heterocycles. The molecule has 0 atom stereocenters. The van der Waals surface area contributed by atoms with Gasteiger partial charge in [0.15, 0.2) is 5.82 Å². The first-order valence-electron chi connectivity index (χ1n) is 8.23. The number of carbonyl (C=O) groups excluding carboxylic acids is 1. The van der Waals surface area contributed by atoms with E-state index in [4.69, 9.17) is 0 Å². The Hall–Kier alpha value is -3.02. The van der Waals surface area contributed by atoms with Crippen LogP contribution in [0.2, 0.25) is 0 Å². The van der Waals surface area contributed by atoms with Crippen molar-refractivity contribution in [3.63, 3.8) is 0 Å². The van der Waals surface area contributed by atoms with Crippen molar-refractivity contribution in [1.82, 2.24) is 19.7 Å². The Morgan fingerprint density at radius 2 is 2.08 bits per heavy atom. The molecule has 1 saturated carbocycles. The molecule has 25 heavy (non-hydrogen) atoms. The van der Waals surface area contributed by atoms with Crippen LogP contribution in [0.15, 0.2) is 61.1 Å². The summed E-state index contributed by atoms with van der Waals surface area (Å²) in [7, 11) is 0. The standard InChI is InChI=1S/C19H17FN4O/c20-15-5-1-4-14(12-15)13-23(16-7-8-16)19(25)17-6-2-9-21-18(17)24-11-3-10-22-24/h1-6,9-12,16H,7-8,13H2. The molecule has 0 unspecified atom stereocenters. The van der Waals surface area contributed by atoms with Gasteiger partial charge in [0.05, 0.1) is 5.56 Å². The molecule has 0 N–H and O–H groups in total. The lowest BCUT2D eigenvalue weighted by molar-refractivity contribution is 0.0729. The van der Waals surface area contributed by atoms with Gasteiger partial charge in [0.25, 0.3) is 5.91 Å². The van der Waals surface area contributed by atoms with Crippen LogP contribution in [0.3, 0.4) is 0 Å². The number of hydrogen-bond acceptors (Lipinski definition) is 3. The van der Waals surface area contributed by atoms with E-state index in [-0.39, 0.29) is 17.8 Å². The van der Waals surface area contributed by atoms with Crippen molar-refractivity contribution >= 4 is 5.91 Å². The molecule has 6 heteroatoms. The van der Waals surface area contributed by atoms with E-state index in [2.05, 4.69) is 10.1 Å². The lowest BCUT2D eigenvalue weighted by Gasteiger charge is -2.23. The van der Waals surface area contributed by atoms with Crippen LogP contribution in [0.25, 0.3) is 5.82 Å². The Labute approximate surface area is 144 Å². The van der Waals surface area contributed by atoms with Gasteiger partial charge in [-0.2, -0.15) is 5.10 Å². The quantitative estimate of drug-likeness (QED) is 0.719. The molecule has 0 spiro atoms. The van der Waals surface area contributed by atoms with E-state index in [1.807, 2.05) is 6.07 Å². The molecule has 1 aliphatic carbocycles. The summed E-state index contributed by atoms with van der Waals surface area (Å²) in [6.45, 7) is 0.384. The van der Waals surface area contributed by atoms with Crippen LogP contribution in [0.1, 0.15) is 28.8 Å². The van der Waals surface area contributed by atoms with E-state index in [0.717, 1.165) is 18.4 Å². The molecule has 5 nitrogen and oxygen atoms in total. The summed E-state index contributed by atoms with van der Waals surface area (Å²) in [5.74, 6) is 0.104. The van der Waals surface area contributed by atoms with E-state index >= 15 is 0 Å². The van der Waals surface area contributed by atoms with Crippen molar-refractivity contribution in [1.29, 1.82) is 0 Å². The first-order valence-corrected chi connectivity index (χ1v) is 8.23. The SMILES string of the molecule is O=C(c1cccnc1-n1cccn1)N(Cc1cccc(F)c1)C1CC1. The van der Waals surface area contributed by atoms with Crippen LogP contribution >= 0.6 is 0 Å². The molecule has 2 heterocycles. The highest BCUT2D eigenvalue weighted by Crippen LogP contribution is 2.30. The third kappa shape index (κ3) is 3.28. The number of aromatic nitrogens is 3. The number of hydrogen-bond donors (Lipinski definition) is 0. The molecule has 126 valence electrons. The molecular formula is C19H17FN4O. The van der Waals surface area contributed by atoms with Crippen LogP contribution in [0.4, 0.5) is 4.39 Å². The number of rotatable bonds is 5. The van der Waals surface area contributed by atoms with E-state index in [1.165, 1.54) is 12.1 Å². The molecule has 3 aromatic rings. The Morgan fingerprint density at radius 1 is 1.20 bits per heavy atom. The van der Waals surface area contributed by atoms with Gasteiger partial charge < -0.3 is 4.90 Å². The number of amides is 1. The van der Waals surface area contributed by atoms with Gasteiger partial charge in [-0.3, -0.25) is 4.79 Å². The minimum atomic E-state index is -0.292. The number of nitrogens with zero attached hydrogens (tertiary/aromatic N) is 4. The third-order valence-corrected chi connectivity index (χ3v) is 4.23. The van der Waals surface area contributed by atoms with E-state index in [1.54, 1.807) is 52.4 Å². The van der Waals surface area contributed by atoms with Gasteiger partial charge in [0.2, 0.25) is 0 Å². The van der Waals surface area contributed by atoms with E-state index in [0.29, 0.717) is 17.9 Å². The summed E-state index contributed by atoms with van der Waals surface area (Å²) in [6.07, 6.45) is 6.99. The van der Waals surface area contributed by atoms with Gasteiger partial charge in [0, 0.05) is 31.2 Å². The maximum absolute atomic E-state index is 13.5. The second-order valence-electron chi connectivity index (χ2n) is 6.12. The second-order valence-corrected chi connectivity index (χ2v) is 6.12. The molecule has 0 saturated heterocycles. The summed E-state index contributed by atoms with van der Waals surface area (Å²) in [5.41, 5.74) is 1.28. The van der Waals surface area contributed by atoms with Gasteiger partial charge in [-0.05, 0) is 48.7 Å². The topological polar surface area (TPSA) is 51.0 Å². The molecule has 0 radical (unpaired) electrons. The summed E-state index contributed by atoms with van der Waals surface area (Å²) < 4.78 is 15.1. The van der Waals surface area contributed by atoms with Crippen molar-refractivity contribution in [2.24, 2.45) is 0 Å². The summed E-state index contributed by atoms with van der Waals surface area (Å²) in [6, 6.07) is 11.9. The monoisotopic (exact) mass is 336 g/mol. The average molecular weight is 336 g/mol. The largest absolute Gasteiger partial charge is 0.331 e. The van der Waals surface area contributed by atoms with Crippen molar-refractivity contribution in [3.8, 4) is 5.82 Å². The predicted molar refractivity (Wildman–Crippen MR) is 90.7 cm³/mol.